The highest BCUT2D eigenvalue weighted by atomic mass is 79.9. The second kappa shape index (κ2) is 4.29. The van der Waals surface area contributed by atoms with E-state index in [-0.39, 0.29) is 11.7 Å². The smallest absolute Gasteiger partial charge is 0.307 e. The van der Waals surface area contributed by atoms with Gasteiger partial charge in [0.15, 0.2) is 10.4 Å². The molecule has 1 aromatic heterocycles. The molecular formula is C12H13BrN2O2. The number of hydrogen-bond acceptors (Lipinski definition) is 3. The van der Waals surface area contributed by atoms with Crippen LogP contribution in [0, 0.1) is 11.8 Å². The first kappa shape index (κ1) is 11.0. The van der Waals surface area contributed by atoms with Gasteiger partial charge >= 0.3 is 5.91 Å². The lowest BCUT2D eigenvalue weighted by Crippen LogP contribution is -2.21. The highest BCUT2D eigenvalue weighted by Gasteiger charge is 2.36. The van der Waals surface area contributed by atoms with Crippen LogP contribution in [0.1, 0.15) is 36.2 Å². The fourth-order valence-electron chi connectivity index (χ4n) is 2.78. The molecule has 0 saturated heterocycles. The SMILES string of the molecule is O=C(N/N=C1\C[C@@H]2CC[C@H]1C2)c1ccc(Br)o1. The molecule has 1 heterocycles. The molecule has 3 rings (SSSR count). The van der Waals surface area contributed by atoms with Gasteiger partial charge in [0, 0.05) is 5.71 Å². The fourth-order valence-corrected chi connectivity index (χ4v) is 3.08. The summed E-state index contributed by atoms with van der Waals surface area (Å²) >= 11 is 3.16. The summed E-state index contributed by atoms with van der Waals surface area (Å²) in [5.41, 5.74) is 3.73. The van der Waals surface area contributed by atoms with Crippen LogP contribution in [0.25, 0.3) is 0 Å². The van der Waals surface area contributed by atoms with Crippen LogP contribution in [-0.2, 0) is 0 Å². The Balaban J connectivity index is 1.64. The van der Waals surface area contributed by atoms with E-state index in [0.29, 0.717) is 10.6 Å². The molecule has 1 aromatic rings. The van der Waals surface area contributed by atoms with Crippen molar-refractivity contribution in [1.29, 1.82) is 0 Å². The third-order valence-electron chi connectivity index (χ3n) is 3.61. The largest absolute Gasteiger partial charge is 0.444 e. The average molecular weight is 297 g/mol. The zero-order valence-corrected chi connectivity index (χ0v) is 10.9. The molecule has 0 radical (unpaired) electrons. The Morgan fingerprint density at radius 2 is 2.35 bits per heavy atom. The van der Waals surface area contributed by atoms with Gasteiger partial charge < -0.3 is 4.42 Å². The topological polar surface area (TPSA) is 54.6 Å². The Morgan fingerprint density at radius 3 is 2.94 bits per heavy atom. The van der Waals surface area contributed by atoms with Crippen LogP contribution in [0.4, 0.5) is 0 Å². The van der Waals surface area contributed by atoms with E-state index >= 15 is 0 Å². The van der Waals surface area contributed by atoms with E-state index in [4.69, 9.17) is 4.42 Å². The van der Waals surface area contributed by atoms with Gasteiger partial charge in [0.05, 0.1) is 0 Å². The van der Waals surface area contributed by atoms with Crippen molar-refractivity contribution in [3.63, 3.8) is 0 Å². The van der Waals surface area contributed by atoms with E-state index in [2.05, 4.69) is 26.5 Å². The predicted octanol–water partition coefficient (Wildman–Crippen LogP) is 2.95. The van der Waals surface area contributed by atoms with Crippen molar-refractivity contribution in [2.45, 2.75) is 25.7 Å². The van der Waals surface area contributed by atoms with Gasteiger partial charge in [-0.3, -0.25) is 4.79 Å². The molecule has 0 aliphatic heterocycles. The Hall–Kier alpha value is -1.10. The van der Waals surface area contributed by atoms with Crippen LogP contribution in [-0.4, -0.2) is 11.6 Å². The van der Waals surface area contributed by atoms with Crippen molar-refractivity contribution in [2.24, 2.45) is 16.9 Å². The number of hydrazone groups is 1. The van der Waals surface area contributed by atoms with Gasteiger partial charge in [-0.05, 0) is 65.6 Å². The molecule has 0 spiro atoms. The van der Waals surface area contributed by atoms with Crippen LogP contribution in [0.3, 0.4) is 0 Å². The standard InChI is InChI=1S/C12H13BrN2O2/c13-11-4-3-10(17-11)12(16)15-14-9-6-7-1-2-8(9)5-7/h3-4,7-8H,1-2,5-6H2,(H,15,16)/b14-9+/t7-,8+/m1/s1. The number of rotatable bonds is 2. The molecule has 5 heteroatoms. The van der Waals surface area contributed by atoms with E-state index in [9.17, 15) is 4.79 Å². The first-order valence-corrected chi connectivity index (χ1v) is 6.64. The van der Waals surface area contributed by atoms with Crippen molar-refractivity contribution < 1.29 is 9.21 Å². The maximum Gasteiger partial charge on any atom is 0.307 e. The number of amides is 1. The number of carbonyl (C=O) groups excluding carboxylic acids is 1. The summed E-state index contributed by atoms with van der Waals surface area (Å²) in [7, 11) is 0. The zero-order valence-electron chi connectivity index (χ0n) is 9.28. The summed E-state index contributed by atoms with van der Waals surface area (Å²) < 4.78 is 5.71. The van der Waals surface area contributed by atoms with Gasteiger partial charge in [0.25, 0.3) is 0 Å². The third kappa shape index (κ3) is 2.16. The molecule has 2 aliphatic carbocycles. The summed E-state index contributed by atoms with van der Waals surface area (Å²) in [5, 5.41) is 4.23. The summed E-state index contributed by atoms with van der Waals surface area (Å²) in [6.45, 7) is 0. The van der Waals surface area contributed by atoms with Crippen molar-refractivity contribution in [1.82, 2.24) is 5.43 Å². The van der Waals surface area contributed by atoms with Crippen LogP contribution < -0.4 is 5.43 Å². The lowest BCUT2D eigenvalue weighted by atomic mass is 9.99. The Morgan fingerprint density at radius 1 is 1.47 bits per heavy atom. The lowest BCUT2D eigenvalue weighted by molar-refractivity contribution is 0.0925. The minimum absolute atomic E-state index is 0.282. The van der Waals surface area contributed by atoms with Crippen LogP contribution >= 0.6 is 15.9 Å². The highest BCUT2D eigenvalue weighted by Crippen LogP contribution is 2.42. The number of halogens is 1. The quantitative estimate of drug-likeness (QED) is 0.853. The van der Waals surface area contributed by atoms with Gasteiger partial charge in [-0.25, -0.2) is 5.43 Å². The van der Waals surface area contributed by atoms with Gasteiger partial charge in [0.1, 0.15) is 0 Å². The first-order chi connectivity index (χ1) is 8.22. The van der Waals surface area contributed by atoms with Crippen LogP contribution in [0.15, 0.2) is 26.3 Å². The van der Waals surface area contributed by atoms with Gasteiger partial charge in [-0.1, -0.05) is 0 Å². The minimum atomic E-state index is -0.286. The maximum absolute atomic E-state index is 11.7. The molecule has 17 heavy (non-hydrogen) atoms. The highest BCUT2D eigenvalue weighted by molar-refractivity contribution is 9.10. The lowest BCUT2D eigenvalue weighted by Gasteiger charge is -2.11. The van der Waals surface area contributed by atoms with Crippen molar-refractivity contribution in [3.8, 4) is 0 Å². The number of furan rings is 1. The van der Waals surface area contributed by atoms with E-state index in [1.165, 1.54) is 19.3 Å². The molecule has 2 aliphatic rings. The molecule has 2 bridgehead atoms. The van der Waals surface area contributed by atoms with Crippen molar-refractivity contribution >= 4 is 27.5 Å². The van der Waals surface area contributed by atoms with E-state index < -0.39 is 0 Å². The normalized spacial score (nSPS) is 28.9. The summed E-state index contributed by atoms with van der Waals surface area (Å²) in [4.78, 5) is 11.7. The minimum Gasteiger partial charge on any atom is -0.444 e. The molecular weight excluding hydrogens is 284 g/mol. The first-order valence-electron chi connectivity index (χ1n) is 5.84. The summed E-state index contributed by atoms with van der Waals surface area (Å²) in [6, 6.07) is 3.32. The Labute approximate surface area is 108 Å². The van der Waals surface area contributed by atoms with Gasteiger partial charge in [0.2, 0.25) is 0 Å². The number of carbonyl (C=O) groups is 1. The van der Waals surface area contributed by atoms with E-state index in [1.54, 1.807) is 12.1 Å². The second-order valence-corrected chi connectivity index (χ2v) is 5.51. The molecule has 2 fully saturated rings. The number of nitrogens with one attached hydrogen (secondary N) is 1. The predicted molar refractivity (Wildman–Crippen MR) is 66.8 cm³/mol. The molecule has 90 valence electrons. The monoisotopic (exact) mass is 296 g/mol. The fraction of sp³-hybridized carbons (Fsp3) is 0.500. The van der Waals surface area contributed by atoms with Crippen molar-refractivity contribution in [3.05, 3.63) is 22.6 Å². The van der Waals surface area contributed by atoms with Crippen LogP contribution in [0.5, 0.6) is 0 Å². The molecule has 1 N–H and O–H groups in total. The molecule has 0 aromatic carbocycles. The molecule has 0 unspecified atom stereocenters. The summed E-state index contributed by atoms with van der Waals surface area (Å²) in [6.07, 6.45) is 4.85. The second-order valence-electron chi connectivity index (χ2n) is 4.73. The van der Waals surface area contributed by atoms with Gasteiger partial charge in [-0.2, -0.15) is 5.10 Å². The summed E-state index contributed by atoms with van der Waals surface area (Å²) in [5.74, 6) is 1.40. The van der Waals surface area contributed by atoms with Crippen molar-refractivity contribution in [2.75, 3.05) is 0 Å². The number of nitrogens with zero attached hydrogens (tertiary/aromatic N) is 1. The molecule has 2 saturated carbocycles. The number of fused-ring (bicyclic) bond motifs is 2. The third-order valence-corrected chi connectivity index (χ3v) is 4.03. The number of hydrogen-bond donors (Lipinski definition) is 1. The maximum atomic E-state index is 11.7. The molecule has 1 amide bonds. The van der Waals surface area contributed by atoms with Gasteiger partial charge in [-0.15, -0.1) is 0 Å². The van der Waals surface area contributed by atoms with E-state index in [1.807, 2.05) is 0 Å². The zero-order chi connectivity index (χ0) is 11.8. The Bertz CT molecular complexity index is 481. The molecule has 4 nitrogen and oxygen atoms in total. The molecule has 2 atom stereocenters. The Kier molecular flexibility index (Phi) is 2.78. The van der Waals surface area contributed by atoms with E-state index in [0.717, 1.165) is 18.1 Å². The average Bonchev–Trinajstić information content (AvgIpc) is 3.01. The van der Waals surface area contributed by atoms with Crippen LogP contribution in [0.2, 0.25) is 0 Å².